The number of halogens is 1. The summed E-state index contributed by atoms with van der Waals surface area (Å²) in [6, 6.07) is 12.5. The van der Waals surface area contributed by atoms with Crippen molar-refractivity contribution in [2.45, 2.75) is 6.92 Å². The molecule has 0 bridgehead atoms. The molecule has 0 saturated heterocycles. The van der Waals surface area contributed by atoms with Crippen LogP contribution in [0.15, 0.2) is 41.0 Å². The first-order chi connectivity index (χ1) is 6.25. The van der Waals surface area contributed by atoms with Crippen LogP contribution >= 0.6 is 15.9 Å². The van der Waals surface area contributed by atoms with E-state index in [2.05, 4.69) is 58.2 Å². The van der Waals surface area contributed by atoms with Gasteiger partial charge in [-0.1, -0.05) is 29.8 Å². The van der Waals surface area contributed by atoms with Gasteiger partial charge in [0.15, 0.2) is 0 Å². The average Bonchev–Trinajstić information content (AvgIpc) is 2.53. The number of hydrogen-bond donors (Lipinski definition) is 1. The van der Waals surface area contributed by atoms with E-state index in [0.717, 1.165) is 10.3 Å². The molecule has 2 heteroatoms. The summed E-state index contributed by atoms with van der Waals surface area (Å²) in [4.78, 5) is 3.23. The first-order valence-electron chi connectivity index (χ1n) is 4.17. The van der Waals surface area contributed by atoms with Crippen molar-refractivity contribution < 1.29 is 0 Å². The highest BCUT2D eigenvalue weighted by molar-refractivity contribution is 9.10. The molecule has 0 aliphatic carbocycles. The maximum absolute atomic E-state index is 3.39. The lowest BCUT2D eigenvalue weighted by Gasteiger charge is -1.97. The Morgan fingerprint density at radius 2 is 1.69 bits per heavy atom. The molecule has 1 nitrogen and oxygen atoms in total. The van der Waals surface area contributed by atoms with E-state index >= 15 is 0 Å². The van der Waals surface area contributed by atoms with Crippen molar-refractivity contribution in [3.05, 3.63) is 46.6 Å². The van der Waals surface area contributed by atoms with Crippen LogP contribution in [0.3, 0.4) is 0 Å². The summed E-state index contributed by atoms with van der Waals surface area (Å²) < 4.78 is 1.02. The largest absolute Gasteiger partial charge is 0.349 e. The lowest BCUT2D eigenvalue weighted by Crippen LogP contribution is -1.77. The molecule has 2 rings (SSSR count). The molecule has 0 spiro atoms. The second-order valence-electron chi connectivity index (χ2n) is 3.09. The minimum Gasteiger partial charge on any atom is -0.349 e. The van der Waals surface area contributed by atoms with Crippen LogP contribution in [0.4, 0.5) is 0 Å². The van der Waals surface area contributed by atoms with Crippen LogP contribution in [0.2, 0.25) is 0 Å². The lowest BCUT2D eigenvalue weighted by atomic mass is 10.1. The topological polar surface area (TPSA) is 15.8 Å². The molecule has 1 aromatic carbocycles. The molecule has 0 unspecified atom stereocenters. The standard InChI is InChI=1S/C11H10BrN/c1-8-2-4-9(5-3-8)10-6-7-11(12)13-10/h2-7,13H,1H3. The Balaban J connectivity index is 2.41. The Morgan fingerprint density at radius 1 is 1.00 bits per heavy atom. The van der Waals surface area contributed by atoms with Crippen molar-refractivity contribution in [1.82, 2.24) is 4.98 Å². The van der Waals surface area contributed by atoms with E-state index < -0.39 is 0 Å². The summed E-state index contributed by atoms with van der Waals surface area (Å²) in [5, 5.41) is 0. The number of benzene rings is 1. The van der Waals surface area contributed by atoms with Gasteiger partial charge in [0.2, 0.25) is 0 Å². The van der Waals surface area contributed by atoms with Gasteiger partial charge in [-0.15, -0.1) is 0 Å². The average molecular weight is 236 g/mol. The Hall–Kier alpha value is -1.02. The summed E-state index contributed by atoms with van der Waals surface area (Å²) in [5.74, 6) is 0. The van der Waals surface area contributed by atoms with Crippen molar-refractivity contribution in [3.8, 4) is 11.3 Å². The van der Waals surface area contributed by atoms with Gasteiger partial charge in [-0.25, -0.2) is 0 Å². The summed E-state index contributed by atoms with van der Waals surface area (Å²) >= 11 is 3.39. The van der Waals surface area contributed by atoms with Gasteiger partial charge >= 0.3 is 0 Å². The molecule has 1 N–H and O–H groups in total. The van der Waals surface area contributed by atoms with Crippen molar-refractivity contribution in [2.24, 2.45) is 0 Å². The lowest BCUT2D eigenvalue weighted by molar-refractivity contribution is 1.35. The molecule has 1 aromatic heterocycles. The van der Waals surface area contributed by atoms with E-state index in [9.17, 15) is 0 Å². The van der Waals surface area contributed by atoms with E-state index in [0.29, 0.717) is 0 Å². The number of nitrogens with one attached hydrogen (secondary N) is 1. The van der Waals surface area contributed by atoms with Crippen LogP contribution < -0.4 is 0 Å². The minimum atomic E-state index is 1.02. The first-order valence-corrected chi connectivity index (χ1v) is 4.96. The third kappa shape index (κ3) is 1.83. The highest BCUT2D eigenvalue weighted by Gasteiger charge is 1.98. The van der Waals surface area contributed by atoms with E-state index in [-0.39, 0.29) is 0 Å². The van der Waals surface area contributed by atoms with Gasteiger partial charge < -0.3 is 4.98 Å². The summed E-state index contributed by atoms with van der Waals surface area (Å²) in [7, 11) is 0. The Kier molecular flexibility index (Phi) is 2.23. The smallest absolute Gasteiger partial charge is 0.0824 e. The van der Waals surface area contributed by atoms with Gasteiger partial charge in [0.1, 0.15) is 0 Å². The zero-order valence-electron chi connectivity index (χ0n) is 7.34. The zero-order valence-corrected chi connectivity index (χ0v) is 8.93. The molecule has 0 amide bonds. The summed E-state index contributed by atoms with van der Waals surface area (Å²) in [6.07, 6.45) is 0. The quantitative estimate of drug-likeness (QED) is 0.776. The van der Waals surface area contributed by atoms with E-state index in [4.69, 9.17) is 0 Å². The Morgan fingerprint density at radius 3 is 2.23 bits per heavy atom. The molecule has 66 valence electrons. The molecular weight excluding hydrogens is 226 g/mol. The highest BCUT2D eigenvalue weighted by Crippen LogP contribution is 2.20. The molecule has 0 aliphatic rings. The Bertz CT molecular complexity index is 400. The number of aryl methyl sites for hydroxylation is 1. The van der Waals surface area contributed by atoms with E-state index in [1.165, 1.54) is 11.1 Å². The molecule has 0 saturated carbocycles. The molecular formula is C11H10BrN. The third-order valence-electron chi connectivity index (χ3n) is 2.01. The van der Waals surface area contributed by atoms with Gasteiger partial charge in [-0.05, 0) is 40.5 Å². The van der Waals surface area contributed by atoms with E-state index in [1.807, 2.05) is 6.07 Å². The van der Waals surface area contributed by atoms with Crippen LogP contribution in [0, 0.1) is 6.92 Å². The number of aromatic amines is 1. The van der Waals surface area contributed by atoms with E-state index in [1.54, 1.807) is 0 Å². The molecule has 1 heterocycles. The van der Waals surface area contributed by atoms with Gasteiger partial charge in [0.05, 0.1) is 4.60 Å². The first kappa shape index (κ1) is 8.57. The molecule has 2 aromatic rings. The second kappa shape index (κ2) is 3.38. The fraction of sp³-hybridized carbons (Fsp3) is 0.0909. The monoisotopic (exact) mass is 235 g/mol. The summed E-state index contributed by atoms with van der Waals surface area (Å²) in [5.41, 5.74) is 3.65. The van der Waals surface area contributed by atoms with Crippen molar-refractivity contribution in [3.63, 3.8) is 0 Å². The predicted octanol–water partition coefficient (Wildman–Crippen LogP) is 3.75. The summed E-state index contributed by atoms with van der Waals surface area (Å²) in [6.45, 7) is 2.09. The number of aromatic nitrogens is 1. The molecule has 13 heavy (non-hydrogen) atoms. The van der Waals surface area contributed by atoms with Crippen molar-refractivity contribution >= 4 is 15.9 Å². The Labute approximate surface area is 85.9 Å². The minimum absolute atomic E-state index is 1.02. The fourth-order valence-electron chi connectivity index (χ4n) is 1.27. The normalized spacial score (nSPS) is 10.3. The van der Waals surface area contributed by atoms with Gasteiger partial charge in [-0.3, -0.25) is 0 Å². The maximum Gasteiger partial charge on any atom is 0.0824 e. The zero-order chi connectivity index (χ0) is 9.26. The molecule has 0 aliphatic heterocycles. The van der Waals surface area contributed by atoms with Gasteiger partial charge in [0.25, 0.3) is 0 Å². The number of H-pyrrole nitrogens is 1. The van der Waals surface area contributed by atoms with Gasteiger partial charge in [0, 0.05) is 5.69 Å². The number of rotatable bonds is 1. The van der Waals surface area contributed by atoms with Gasteiger partial charge in [-0.2, -0.15) is 0 Å². The molecule has 0 radical (unpaired) electrons. The van der Waals surface area contributed by atoms with Crippen molar-refractivity contribution in [2.75, 3.05) is 0 Å². The predicted molar refractivity (Wildman–Crippen MR) is 58.7 cm³/mol. The van der Waals surface area contributed by atoms with Crippen LogP contribution in [0.5, 0.6) is 0 Å². The molecule has 0 fully saturated rings. The second-order valence-corrected chi connectivity index (χ2v) is 3.94. The van der Waals surface area contributed by atoms with Crippen LogP contribution in [-0.4, -0.2) is 4.98 Å². The fourth-order valence-corrected chi connectivity index (χ4v) is 1.62. The van der Waals surface area contributed by atoms with Crippen LogP contribution in [0.25, 0.3) is 11.3 Å². The van der Waals surface area contributed by atoms with Crippen LogP contribution in [0.1, 0.15) is 5.56 Å². The maximum atomic E-state index is 3.39. The highest BCUT2D eigenvalue weighted by atomic mass is 79.9. The molecule has 0 atom stereocenters. The third-order valence-corrected chi connectivity index (χ3v) is 2.48. The van der Waals surface area contributed by atoms with Crippen molar-refractivity contribution in [1.29, 1.82) is 0 Å². The SMILES string of the molecule is Cc1ccc(-c2ccc(Br)[nH]2)cc1. The number of hydrogen-bond acceptors (Lipinski definition) is 0. The van der Waals surface area contributed by atoms with Crippen LogP contribution in [-0.2, 0) is 0 Å².